The van der Waals surface area contributed by atoms with Gasteiger partial charge in [0.1, 0.15) is 0 Å². The van der Waals surface area contributed by atoms with Gasteiger partial charge in [-0.15, -0.1) is 0 Å². The van der Waals surface area contributed by atoms with Gasteiger partial charge in [-0.25, -0.2) is 0 Å². The van der Waals surface area contributed by atoms with Gasteiger partial charge in [0.15, 0.2) is 0 Å². The first-order valence-corrected chi connectivity index (χ1v) is 12.1. The highest BCUT2D eigenvalue weighted by Gasteiger charge is 2.10. The van der Waals surface area contributed by atoms with E-state index in [-0.39, 0.29) is 0 Å². The van der Waals surface area contributed by atoms with Crippen molar-refractivity contribution in [3.05, 3.63) is 24.3 Å². The van der Waals surface area contributed by atoms with Crippen molar-refractivity contribution in [1.29, 1.82) is 0 Å². The Morgan fingerprint density at radius 1 is 0.577 bits per heavy atom. The summed E-state index contributed by atoms with van der Waals surface area (Å²) in [5.41, 5.74) is 0. The van der Waals surface area contributed by atoms with Crippen molar-refractivity contribution in [1.82, 2.24) is 0 Å². The number of hydrogen-bond acceptors (Lipinski definition) is 0. The fourth-order valence-corrected chi connectivity index (χ4v) is 3.86. The van der Waals surface area contributed by atoms with Gasteiger partial charge in [0.05, 0.1) is 0 Å². The maximum atomic E-state index is 2.46. The second-order valence-electron chi connectivity index (χ2n) is 8.40. The van der Waals surface area contributed by atoms with Crippen molar-refractivity contribution in [3.63, 3.8) is 0 Å². The van der Waals surface area contributed by atoms with Crippen LogP contribution in [0.1, 0.15) is 130 Å². The Labute approximate surface area is 166 Å². The lowest BCUT2D eigenvalue weighted by molar-refractivity contribution is 0.362. The lowest BCUT2D eigenvalue weighted by Crippen LogP contribution is -2.05. The molecule has 0 heteroatoms. The maximum Gasteiger partial charge on any atom is -0.0259 e. The van der Waals surface area contributed by atoms with E-state index in [1.54, 1.807) is 0 Å². The first-order chi connectivity index (χ1) is 12.7. The minimum Gasteiger partial charge on any atom is -0.0885 e. The van der Waals surface area contributed by atoms with Crippen LogP contribution < -0.4 is 0 Å². The molecule has 0 aromatic rings. The van der Waals surface area contributed by atoms with E-state index < -0.39 is 0 Å². The molecule has 0 aliphatic rings. The molecule has 0 radical (unpaired) electrons. The fraction of sp³-hybridized carbons (Fsp3) is 0.846. The van der Waals surface area contributed by atoms with Crippen LogP contribution in [0.15, 0.2) is 24.3 Å². The Morgan fingerprint density at radius 3 is 1.88 bits per heavy atom. The van der Waals surface area contributed by atoms with Gasteiger partial charge in [-0.05, 0) is 50.4 Å². The molecule has 0 saturated carbocycles. The molecule has 26 heavy (non-hydrogen) atoms. The molecule has 2 unspecified atom stereocenters. The molecule has 0 aliphatic heterocycles. The van der Waals surface area contributed by atoms with Gasteiger partial charge < -0.3 is 0 Å². The summed E-state index contributed by atoms with van der Waals surface area (Å²) in [4.78, 5) is 0. The third-order valence-corrected chi connectivity index (χ3v) is 5.45. The summed E-state index contributed by atoms with van der Waals surface area (Å²) in [7, 11) is 0. The maximum absolute atomic E-state index is 2.46. The lowest BCUT2D eigenvalue weighted by Gasteiger charge is -2.19. The molecule has 0 fully saturated rings. The smallest absolute Gasteiger partial charge is 0.0259 e. The number of unbranched alkanes of at least 4 members (excludes halogenated alkanes) is 9. The first-order valence-electron chi connectivity index (χ1n) is 12.1. The van der Waals surface area contributed by atoms with Gasteiger partial charge in [0.25, 0.3) is 0 Å². The van der Waals surface area contributed by atoms with E-state index in [0.717, 1.165) is 11.8 Å². The second kappa shape index (κ2) is 20.8. The Balaban J connectivity index is 3.64. The highest BCUT2D eigenvalue weighted by molar-refractivity contribution is 4.87. The van der Waals surface area contributed by atoms with Crippen LogP contribution in [0.5, 0.6) is 0 Å². The predicted molar refractivity (Wildman–Crippen MR) is 122 cm³/mol. The molecule has 0 nitrogen and oxygen atoms in total. The molecular formula is C26H50. The van der Waals surface area contributed by atoms with Crippen molar-refractivity contribution in [3.8, 4) is 0 Å². The quantitative estimate of drug-likeness (QED) is 0.158. The van der Waals surface area contributed by atoms with Crippen molar-refractivity contribution >= 4 is 0 Å². The number of rotatable bonds is 19. The van der Waals surface area contributed by atoms with Gasteiger partial charge in [-0.1, -0.05) is 116 Å². The third kappa shape index (κ3) is 18.3. The zero-order valence-electron chi connectivity index (χ0n) is 18.8. The monoisotopic (exact) mass is 362 g/mol. The summed E-state index contributed by atoms with van der Waals surface area (Å²) in [5.74, 6) is 1.72. The molecule has 0 N–H and O–H groups in total. The topological polar surface area (TPSA) is 0 Å². The van der Waals surface area contributed by atoms with Crippen molar-refractivity contribution in [2.75, 3.05) is 0 Å². The molecular weight excluding hydrogens is 312 g/mol. The molecule has 0 aliphatic carbocycles. The molecule has 154 valence electrons. The summed E-state index contributed by atoms with van der Waals surface area (Å²) < 4.78 is 0. The van der Waals surface area contributed by atoms with Crippen LogP contribution in [0.2, 0.25) is 0 Å². The summed E-state index contributed by atoms with van der Waals surface area (Å²) in [6.45, 7) is 9.29. The van der Waals surface area contributed by atoms with Gasteiger partial charge in [-0.3, -0.25) is 0 Å². The summed E-state index contributed by atoms with van der Waals surface area (Å²) in [6, 6.07) is 0. The summed E-state index contributed by atoms with van der Waals surface area (Å²) >= 11 is 0. The molecule has 0 amide bonds. The first kappa shape index (κ1) is 25.5. The molecule has 0 heterocycles. The molecule has 2 atom stereocenters. The SMILES string of the molecule is CCCC=CC(C)CC(CCC)CCCCCCCC=CCCCCC. The van der Waals surface area contributed by atoms with E-state index in [4.69, 9.17) is 0 Å². The molecule has 0 saturated heterocycles. The Kier molecular flexibility index (Phi) is 20.4. The van der Waals surface area contributed by atoms with Crippen LogP contribution in [-0.2, 0) is 0 Å². The Bertz CT molecular complexity index is 312. The highest BCUT2D eigenvalue weighted by atomic mass is 14.2. The van der Waals surface area contributed by atoms with Crippen LogP contribution in [-0.4, -0.2) is 0 Å². The van der Waals surface area contributed by atoms with Crippen LogP contribution in [0.25, 0.3) is 0 Å². The van der Waals surface area contributed by atoms with Crippen LogP contribution in [0.4, 0.5) is 0 Å². The van der Waals surface area contributed by atoms with E-state index in [1.165, 1.54) is 103 Å². The van der Waals surface area contributed by atoms with E-state index in [0.29, 0.717) is 0 Å². The minimum absolute atomic E-state index is 0.766. The number of allylic oxidation sites excluding steroid dienone is 4. The standard InChI is InChI=1S/C26H50/c1-5-8-10-11-12-13-14-15-16-17-18-20-23-26(21-7-3)24-25(4)22-19-9-6-2/h12-13,19,22,25-26H,5-11,14-18,20-21,23-24H2,1-4H3. The highest BCUT2D eigenvalue weighted by Crippen LogP contribution is 2.24. The van der Waals surface area contributed by atoms with Crippen LogP contribution in [0, 0.1) is 11.8 Å². The van der Waals surface area contributed by atoms with Crippen LogP contribution >= 0.6 is 0 Å². The van der Waals surface area contributed by atoms with Crippen molar-refractivity contribution < 1.29 is 0 Å². The summed E-state index contributed by atoms with van der Waals surface area (Å²) in [6.07, 6.45) is 31.7. The average Bonchev–Trinajstić information content (AvgIpc) is 2.63. The molecule has 0 bridgehead atoms. The van der Waals surface area contributed by atoms with Gasteiger partial charge in [0.2, 0.25) is 0 Å². The molecule has 0 aromatic carbocycles. The summed E-state index contributed by atoms with van der Waals surface area (Å²) in [5, 5.41) is 0. The zero-order valence-corrected chi connectivity index (χ0v) is 18.8. The van der Waals surface area contributed by atoms with Gasteiger partial charge in [-0.2, -0.15) is 0 Å². The molecule has 0 spiro atoms. The average molecular weight is 363 g/mol. The third-order valence-electron chi connectivity index (χ3n) is 5.45. The largest absolute Gasteiger partial charge is 0.0885 e. The van der Waals surface area contributed by atoms with E-state index >= 15 is 0 Å². The van der Waals surface area contributed by atoms with E-state index in [1.807, 2.05) is 0 Å². The molecule has 0 aromatic heterocycles. The normalized spacial score (nSPS) is 14.5. The fourth-order valence-electron chi connectivity index (χ4n) is 3.86. The van der Waals surface area contributed by atoms with Gasteiger partial charge >= 0.3 is 0 Å². The minimum atomic E-state index is 0.766. The zero-order chi connectivity index (χ0) is 19.3. The molecule has 0 rings (SSSR count). The Morgan fingerprint density at radius 2 is 1.23 bits per heavy atom. The Hall–Kier alpha value is -0.520. The van der Waals surface area contributed by atoms with E-state index in [2.05, 4.69) is 52.0 Å². The predicted octanol–water partition coefficient (Wildman–Crippen LogP) is 9.65. The van der Waals surface area contributed by atoms with Gasteiger partial charge in [0, 0.05) is 0 Å². The van der Waals surface area contributed by atoms with Crippen molar-refractivity contribution in [2.24, 2.45) is 11.8 Å². The van der Waals surface area contributed by atoms with Crippen molar-refractivity contribution in [2.45, 2.75) is 130 Å². The van der Waals surface area contributed by atoms with E-state index in [9.17, 15) is 0 Å². The second-order valence-corrected chi connectivity index (χ2v) is 8.40. The lowest BCUT2D eigenvalue weighted by atomic mass is 9.87. The van der Waals surface area contributed by atoms with Crippen LogP contribution in [0.3, 0.4) is 0 Å². The number of hydrogen-bond donors (Lipinski definition) is 0.